The van der Waals surface area contributed by atoms with Gasteiger partial charge in [-0.3, -0.25) is 0 Å². The monoisotopic (exact) mass is 279 g/mol. The molecule has 0 saturated carbocycles. The lowest BCUT2D eigenvalue weighted by molar-refractivity contribution is 0.109. The van der Waals surface area contributed by atoms with Crippen LogP contribution >= 0.6 is 0 Å². The Labute approximate surface area is 121 Å². The van der Waals surface area contributed by atoms with Crippen molar-refractivity contribution in [2.24, 2.45) is 0 Å². The fourth-order valence-electron chi connectivity index (χ4n) is 2.29. The van der Waals surface area contributed by atoms with Crippen molar-refractivity contribution in [3.8, 4) is 11.5 Å². The predicted molar refractivity (Wildman–Crippen MR) is 79.6 cm³/mol. The standard InChI is InChI=1S/C16H25NO3/c1-3-8-17-14(12-18-9-4-2)13-6-5-7-15-16(13)20-11-10-19-15/h5-7,14,17H,3-4,8-12H2,1-2H3. The Kier molecular flexibility index (Phi) is 6.15. The van der Waals surface area contributed by atoms with E-state index in [2.05, 4.69) is 25.2 Å². The fourth-order valence-corrected chi connectivity index (χ4v) is 2.29. The van der Waals surface area contributed by atoms with Crippen molar-refractivity contribution in [1.29, 1.82) is 0 Å². The molecule has 1 aliphatic heterocycles. The summed E-state index contributed by atoms with van der Waals surface area (Å²) < 4.78 is 17.2. The highest BCUT2D eigenvalue weighted by Crippen LogP contribution is 2.37. The van der Waals surface area contributed by atoms with Gasteiger partial charge in [0.05, 0.1) is 12.6 Å². The number of fused-ring (bicyclic) bond motifs is 1. The van der Waals surface area contributed by atoms with Gasteiger partial charge in [0.2, 0.25) is 0 Å². The number of hydrogen-bond acceptors (Lipinski definition) is 4. The zero-order chi connectivity index (χ0) is 14.2. The Hall–Kier alpha value is -1.26. The molecule has 112 valence electrons. The van der Waals surface area contributed by atoms with E-state index in [-0.39, 0.29) is 6.04 Å². The first-order valence-electron chi connectivity index (χ1n) is 7.56. The van der Waals surface area contributed by atoms with Crippen LogP contribution in [-0.4, -0.2) is 33.0 Å². The molecule has 2 rings (SSSR count). The Balaban J connectivity index is 2.14. The van der Waals surface area contributed by atoms with E-state index < -0.39 is 0 Å². The number of benzene rings is 1. The zero-order valence-corrected chi connectivity index (χ0v) is 12.5. The van der Waals surface area contributed by atoms with E-state index in [1.807, 2.05) is 12.1 Å². The van der Waals surface area contributed by atoms with E-state index in [1.54, 1.807) is 0 Å². The molecule has 1 unspecified atom stereocenters. The molecule has 0 spiro atoms. The third-order valence-corrected chi connectivity index (χ3v) is 3.25. The van der Waals surface area contributed by atoms with E-state index in [1.165, 1.54) is 0 Å². The van der Waals surface area contributed by atoms with E-state index in [0.29, 0.717) is 19.8 Å². The van der Waals surface area contributed by atoms with E-state index in [4.69, 9.17) is 14.2 Å². The van der Waals surface area contributed by atoms with Gasteiger partial charge in [-0.1, -0.05) is 26.0 Å². The fraction of sp³-hybridized carbons (Fsp3) is 0.625. The molecule has 0 amide bonds. The molecule has 1 aromatic rings. The first-order valence-corrected chi connectivity index (χ1v) is 7.56. The highest BCUT2D eigenvalue weighted by atomic mass is 16.6. The molecule has 1 heterocycles. The molecule has 0 radical (unpaired) electrons. The van der Waals surface area contributed by atoms with Gasteiger partial charge in [0.25, 0.3) is 0 Å². The molecule has 4 heteroatoms. The summed E-state index contributed by atoms with van der Waals surface area (Å²) in [4.78, 5) is 0. The second kappa shape index (κ2) is 8.12. The highest BCUT2D eigenvalue weighted by Gasteiger charge is 2.21. The zero-order valence-electron chi connectivity index (χ0n) is 12.5. The van der Waals surface area contributed by atoms with Crippen LogP contribution in [0.2, 0.25) is 0 Å². The van der Waals surface area contributed by atoms with Gasteiger partial charge in [-0.05, 0) is 25.5 Å². The van der Waals surface area contributed by atoms with E-state index >= 15 is 0 Å². The third-order valence-electron chi connectivity index (χ3n) is 3.25. The number of nitrogens with one attached hydrogen (secondary N) is 1. The summed E-state index contributed by atoms with van der Waals surface area (Å²) in [7, 11) is 0. The first-order chi connectivity index (χ1) is 9.86. The normalized spacial score (nSPS) is 15.1. The molecular formula is C16H25NO3. The Morgan fingerprint density at radius 2 is 2.05 bits per heavy atom. The summed E-state index contributed by atoms with van der Waals surface area (Å²) >= 11 is 0. The van der Waals surface area contributed by atoms with Gasteiger partial charge in [-0.25, -0.2) is 0 Å². The number of rotatable bonds is 8. The van der Waals surface area contributed by atoms with Crippen molar-refractivity contribution >= 4 is 0 Å². The maximum atomic E-state index is 5.80. The lowest BCUT2D eigenvalue weighted by Gasteiger charge is -2.26. The van der Waals surface area contributed by atoms with Gasteiger partial charge in [0, 0.05) is 12.2 Å². The summed E-state index contributed by atoms with van der Waals surface area (Å²) in [5, 5.41) is 3.53. The van der Waals surface area contributed by atoms with Crippen LogP contribution in [0.4, 0.5) is 0 Å². The number of hydrogen-bond donors (Lipinski definition) is 1. The Morgan fingerprint density at radius 3 is 2.85 bits per heavy atom. The van der Waals surface area contributed by atoms with Gasteiger partial charge in [0.1, 0.15) is 13.2 Å². The van der Waals surface area contributed by atoms with E-state index in [0.717, 1.165) is 43.1 Å². The van der Waals surface area contributed by atoms with Crippen molar-refractivity contribution in [2.45, 2.75) is 32.7 Å². The number of para-hydroxylation sites is 1. The lowest BCUT2D eigenvalue weighted by Crippen LogP contribution is -2.28. The van der Waals surface area contributed by atoms with Crippen LogP contribution in [0.15, 0.2) is 18.2 Å². The van der Waals surface area contributed by atoms with Gasteiger partial charge in [-0.15, -0.1) is 0 Å². The van der Waals surface area contributed by atoms with Crippen LogP contribution in [0.1, 0.15) is 38.3 Å². The van der Waals surface area contributed by atoms with Crippen molar-refractivity contribution < 1.29 is 14.2 Å². The summed E-state index contributed by atoms with van der Waals surface area (Å²) in [6, 6.07) is 6.22. The summed E-state index contributed by atoms with van der Waals surface area (Å²) in [5.41, 5.74) is 1.13. The minimum atomic E-state index is 0.151. The second-order valence-electron chi connectivity index (χ2n) is 4.95. The van der Waals surface area contributed by atoms with Gasteiger partial charge in [0.15, 0.2) is 11.5 Å². The summed E-state index contributed by atoms with van der Waals surface area (Å²) in [6.45, 7) is 7.93. The number of ether oxygens (including phenoxy) is 3. The molecule has 1 aliphatic rings. The van der Waals surface area contributed by atoms with Crippen LogP contribution in [0.3, 0.4) is 0 Å². The highest BCUT2D eigenvalue weighted by molar-refractivity contribution is 5.49. The molecular weight excluding hydrogens is 254 g/mol. The molecule has 0 saturated heterocycles. The SMILES string of the molecule is CCCNC(COCCC)c1cccc2c1OCCO2. The predicted octanol–water partition coefficient (Wildman–Crippen LogP) is 2.93. The molecule has 0 bridgehead atoms. The van der Waals surface area contributed by atoms with Crippen molar-refractivity contribution in [3.63, 3.8) is 0 Å². The lowest BCUT2D eigenvalue weighted by atomic mass is 10.0. The largest absolute Gasteiger partial charge is 0.486 e. The Morgan fingerprint density at radius 1 is 1.20 bits per heavy atom. The molecule has 0 aliphatic carbocycles. The maximum absolute atomic E-state index is 5.80. The molecule has 1 aromatic carbocycles. The molecule has 0 fully saturated rings. The van der Waals surface area contributed by atoms with Crippen molar-refractivity contribution in [1.82, 2.24) is 5.32 Å². The van der Waals surface area contributed by atoms with Crippen molar-refractivity contribution in [3.05, 3.63) is 23.8 Å². The van der Waals surface area contributed by atoms with Gasteiger partial charge in [-0.2, -0.15) is 0 Å². The van der Waals surface area contributed by atoms with Crippen molar-refractivity contribution in [2.75, 3.05) is 33.0 Å². The smallest absolute Gasteiger partial charge is 0.166 e. The van der Waals surface area contributed by atoms with Crippen LogP contribution in [0, 0.1) is 0 Å². The van der Waals surface area contributed by atoms with E-state index in [9.17, 15) is 0 Å². The minimum absolute atomic E-state index is 0.151. The summed E-state index contributed by atoms with van der Waals surface area (Å²) in [6.07, 6.45) is 2.13. The Bertz CT molecular complexity index is 409. The second-order valence-corrected chi connectivity index (χ2v) is 4.95. The minimum Gasteiger partial charge on any atom is -0.486 e. The van der Waals surface area contributed by atoms with Gasteiger partial charge < -0.3 is 19.5 Å². The van der Waals surface area contributed by atoms with Gasteiger partial charge >= 0.3 is 0 Å². The summed E-state index contributed by atoms with van der Waals surface area (Å²) in [5.74, 6) is 1.71. The third kappa shape index (κ3) is 3.87. The van der Waals surface area contributed by atoms with Crippen LogP contribution < -0.4 is 14.8 Å². The average Bonchev–Trinajstić information content (AvgIpc) is 2.50. The molecule has 20 heavy (non-hydrogen) atoms. The topological polar surface area (TPSA) is 39.7 Å². The maximum Gasteiger partial charge on any atom is 0.166 e. The van der Waals surface area contributed by atoms with Crippen LogP contribution in [0.5, 0.6) is 11.5 Å². The van der Waals surface area contributed by atoms with Crippen LogP contribution in [-0.2, 0) is 4.74 Å². The van der Waals surface area contributed by atoms with Crippen LogP contribution in [0.25, 0.3) is 0 Å². The first kappa shape index (κ1) is 15.1. The quantitative estimate of drug-likeness (QED) is 0.743. The molecule has 1 N–H and O–H groups in total. The average molecular weight is 279 g/mol. The molecule has 1 atom stereocenters. The molecule has 0 aromatic heterocycles. The molecule has 4 nitrogen and oxygen atoms in total.